The Morgan fingerprint density at radius 1 is 0.889 bits per heavy atom. The number of nitrogens with zero attached hydrogens (tertiary/aromatic N) is 2. The van der Waals surface area contributed by atoms with Gasteiger partial charge >= 0.3 is 0 Å². The number of rotatable bonds is 10. The summed E-state index contributed by atoms with van der Waals surface area (Å²) in [6.45, 7) is 9.80. The van der Waals surface area contributed by atoms with Crippen LogP contribution < -0.4 is 11.1 Å². The summed E-state index contributed by atoms with van der Waals surface area (Å²) in [7, 11) is 0. The van der Waals surface area contributed by atoms with Crippen LogP contribution in [-0.4, -0.2) is 80.4 Å². The van der Waals surface area contributed by atoms with Crippen molar-refractivity contribution in [3.05, 3.63) is 0 Å². The summed E-state index contributed by atoms with van der Waals surface area (Å²) in [6.07, 6.45) is 3.78. The molecular weight excluding hydrogens is 228 g/mol. The fourth-order valence-electron chi connectivity index (χ4n) is 2.39. The minimum Gasteiger partial charge on any atom is -0.395 e. The molecule has 1 fully saturated rings. The Labute approximate surface area is 111 Å². The van der Waals surface area contributed by atoms with Crippen molar-refractivity contribution in [2.24, 2.45) is 5.73 Å². The number of nitrogens with two attached hydrogens (primary N) is 1. The predicted octanol–water partition coefficient (Wildman–Crippen LogP) is -0.685. The number of nitrogens with one attached hydrogen (secondary N) is 1. The molecule has 1 rings (SSSR count). The zero-order valence-corrected chi connectivity index (χ0v) is 11.6. The summed E-state index contributed by atoms with van der Waals surface area (Å²) in [5.41, 5.74) is 5.57. The Kier molecular flexibility index (Phi) is 9.42. The molecule has 5 nitrogen and oxygen atoms in total. The first-order valence-electron chi connectivity index (χ1n) is 7.33. The quantitative estimate of drug-likeness (QED) is 0.453. The highest BCUT2D eigenvalue weighted by molar-refractivity contribution is 4.71. The van der Waals surface area contributed by atoms with E-state index in [4.69, 9.17) is 10.8 Å². The minimum atomic E-state index is 0.243. The maximum atomic E-state index is 8.62. The maximum absolute atomic E-state index is 8.62. The molecule has 0 unspecified atom stereocenters. The van der Waals surface area contributed by atoms with E-state index in [2.05, 4.69) is 15.1 Å². The lowest BCUT2D eigenvalue weighted by Gasteiger charge is -2.34. The van der Waals surface area contributed by atoms with Gasteiger partial charge in [-0.15, -0.1) is 0 Å². The number of aliphatic hydroxyl groups is 1. The highest BCUT2D eigenvalue weighted by atomic mass is 16.3. The molecule has 0 amide bonds. The van der Waals surface area contributed by atoms with E-state index in [1.807, 2.05) is 0 Å². The second kappa shape index (κ2) is 10.7. The van der Waals surface area contributed by atoms with Gasteiger partial charge in [-0.05, 0) is 25.9 Å². The Morgan fingerprint density at radius 2 is 1.56 bits per heavy atom. The van der Waals surface area contributed by atoms with Crippen LogP contribution in [0.4, 0.5) is 0 Å². The molecule has 0 aromatic heterocycles. The maximum Gasteiger partial charge on any atom is 0.0555 e. The molecule has 1 aliphatic rings. The second-order valence-electron chi connectivity index (χ2n) is 5.01. The van der Waals surface area contributed by atoms with Crippen LogP contribution in [0, 0.1) is 0 Å². The number of hydrogen-bond acceptors (Lipinski definition) is 5. The molecule has 108 valence electrons. The monoisotopic (exact) mass is 258 g/mol. The van der Waals surface area contributed by atoms with Crippen molar-refractivity contribution in [1.29, 1.82) is 0 Å². The number of unbranched alkanes of at least 4 members (excludes halogenated alkanes) is 2. The van der Waals surface area contributed by atoms with E-state index in [0.717, 1.165) is 26.2 Å². The molecule has 0 aromatic carbocycles. The fraction of sp³-hybridized carbons (Fsp3) is 1.00. The van der Waals surface area contributed by atoms with E-state index < -0.39 is 0 Å². The second-order valence-corrected chi connectivity index (χ2v) is 5.01. The summed E-state index contributed by atoms with van der Waals surface area (Å²) >= 11 is 0. The minimum absolute atomic E-state index is 0.243. The van der Waals surface area contributed by atoms with Gasteiger partial charge in [0.05, 0.1) is 6.61 Å². The van der Waals surface area contributed by atoms with Crippen LogP contribution in [0.25, 0.3) is 0 Å². The summed E-state index contributed by atoms with van der Waals surface area (Å²) in [6, 6.07) is 0. The molecule has 5 heteroatoms. The van der Waals surface area contributed by atoms with E-state index >= 15 is 0 Å². The topological polar surface area (TPSA) is 64.8 Å². The fourth-order valence-corrected chi connectivity index (χ4v) is 2.39. The molecule has 1 aliphatic heterocycles. The van der Waals surface area contributed by atoms with E-state index in [-0.39, 0.29) is 6.61 Å². The lowest BCUT2D eigenvalue weighted by atomic mass is 10.2. The normalized spacial score (nSPS) is 18.3. The molecule has 1 saturated heterocycles. The Morgan fingerprint density at radius 3 is 2.17 bits per heavy atom. The number of hydrogen-bond donors (Lipinski definition) is 3. The zero-order chi connectivity index (χ0) is 13.1. The van der Waals surface area contributed by atoms with E-state index in [9.17, 15) is 0 Å². The third kappa shape index (κ3) is 7.28. The molecule has 0 bridgehead atoms. The molecule has 0 saturated carbocycles. The molecule has 0 aliphatic carbocycles. The van der Waals surface area contributed by atoms with Gasteiger partial charge in [-0.1, -0.05) is 6.42 Å². The van der Waals surface area contributed by atoms with Crippen LogP contribution in [0.1, 0.15) is 19.3 Å². The summed E-state index contributed by atoms with van der Waals surface area (Å²) in [4.78, 5) is 5.02. The molecule has 0 radical (unpaired) electrons. The van der Waals surface area contributed by atoms with Crippen molar-refractivity contribution in [1.82, 2.24) is 15.1 Å². The molecule has 1 heterocycles. The summed E-state index contributed by atoms with van der Waals surface area (Å²) < 4.78 is 0. The largest absolute Gasteiger partial charge is 0.395 e. The molecule has 18 heavy (non-hydrogen) atoms. The Bertz CT molecular complexity index is 184. The van der Waals surface area contributed by atoms with Crippen LogP contribution >= 0.6 is 0 Å². The predicted molar refractivity (Wildman–Crippen MR) is 75.7 cm³/mol. The van der Waals surface area contributed by atoms with Gasteiger partial charge in [0, 0.05) is 45.8 Å². The van der Waals surface area contributed by atoms with Gasteiger partial charge in [0.15, 0.2) is 0 Å². The first-order chi connectivity index (χ1) is 8.86. The third-order valence-electron chi connectivity index (χ3n) is 3.53. The smallest absolute Gasteiger partial charge is 0.0555 e. The van der Waals surface area contributed by atoms with Gasteiger partial charge in [-0.2, -0.15) is 0 Å². The number of aliphatic hydroxyl groups excluding tert-OH is 1. The molecule has 0 aromatic rings. The van der Waals surface area contributed by atoms with Crippen LogP contribution in [0.15, 0.2) is 0 Å². The van der Waals surface area contributed by atoms with Gasteiger partial charge < -0.3 is 21.1 Å². The van der Waals surface area contributed by atoms with Crippen molar-refractivity contribution in [2.75, 3.05) is 65.5 Å². The van der Waals surface area contributed by atoms with Gasteiger partial charge in [0.1, 0.15) is 0 Å². The van der Waals surface area contributed by atoms with Gasteiger partial charge in [-0.25, -0.2) is 0 Å². The first kappa shape index (κ1) is 15.9. The number of piperazine rings is 1. The van der Waals surface area contributed by atoms with E-state index in [1.54, 1.807) is 0 Å². The summed E-state index contributed by atoms with van der Waals surface area (Å²) in [5.74, 6) is 0. The SMILES string of the molecule is NCCN1CCN(CCCCCNCCO)CC1. The van der Waals surface area contributed by atoms with Crippen LogP contribution in [-0.2, 0) is 0 Å². The summed E-state index contributed by atoms with van der Waals surface area (Å²) in [5, 5.41) is 11.8. The van der Waals surface area contributed by atoms with Gasteiger partial charge in [-0.3, -0.25) is 4.90 Å². The Balaban J connectivity index is 1.88. The Hall–Kier alpha value is -0.200. The zero-order valence-electron chi connectivity index (χ0n) is 11.6. The standard InChI is InChI=1S/C13H30N4O/c14-4-8-17-11-9-16(10-12-17)7-3-1-2-5-15-6-13-18/h15,18H,1-14H2. The van der Waals surface area contributed by atoms with E-state index in [1.165, 1.54) is 52.0 Å². The van der Waals surface area contributed by atoms with Crippen LogP contribution in [0.2, 0.25) is 0 Å². The van der Waals surface area contributed by atoms with Crippen molar-refractivity contribution < 1.29 is 5.11 Å². The molecular formula is C13H30N4O. The van der Waals surface area contributed by atoms with Crippen molar-refractivity contribution in [3.8, 4) is 0 Å². The van der Waals surface area contributed by atoms with Crippen LogP contribution in [0.3, 0.4) is 0 Å². The molecule has 4 N–H and O–H groups in total. The lowest BCUT2D eigenvalue weighted by Crippen LogP contribution is -2.47. The average Bonchev–Trinajstić information content (AvgIpc) is 2.40. The average molecular weight is 258 g/mol. The van der Waals surface area contributed by atoms with Crippen molar-refractivity contribution in [3.63, 3.8) is 0 Å². The molecule has 0 spiro atoms. The molecule has 0 atom stereocenters. The lowest BCUT2D eigenvalue weighted by molar-refractivity contribution is 0.133. The third-order valence-corrected chi connectivity index (χ3v) is 3.53. The first-order valence-corrected chi connectivity index (χ1v) is 7.33. The van der Waals surface area contributed by atoms with Crippen molar-refractivity contribution in [2.45, 2.75) is 19.3 Å². The van der Waals surface area contributed by atoms with Gasteiger partial charge in [0.25, 0.3) is 0 Å². The van der Waals surface area contributed by atoms with Gasteiger partial charge in [0.2, 0.25) is 0 Å². The highest BCUT2D eigenvalue weighted by Crippen LogP contribution is 2.04. The van der Waals surface area contributed by atoms with E-state index in [0.29, 0.717) is 0 Å². The van der Waals surface area contributed by atoms with Crippen LogP contribution in [0.5, 0.6) is 0 Å². The van der Waals surface area contributed by atoms with Crippen molar-refractivity contribution >= 4 is 0 Å². The highest BCUT2D eigenvalue weighted by Gasteiger charge is 2.14.